The molecule has 0 rings (SSSR count). The standard InChI is InChI=1S/C7H17NO/c1-4-7(8,9)5-6(2)3/h6,9H,4-5,8H2,1-3H3. The molecule has 0 aromatic rings. The molecule has 0 radical (unpaired) electrons. The summed E-state index contributed by atoms with van der Waals surface area (Å²) in [5.74, 6) is 0.472. The lowest BCUT2D eigenvalue weighted by molar-refractivity contribution is 0.0222. The van der Waals surface area contributed by atoms with E-state index in [0.29, 0.717) is 18.8 Å². The first kappa shape index (κ1) is 8.92. The summed E-state index contributed by atoms with van der Waals surface area (Å²) in [6.07, 6.45) is 1.31. The lowest BCUT2D eigenvalue weighted by atomic mass is 9.99. The average molecular weight is 131 g/mol. The molecule has 0 aromatic heterocycles. The molecule has 0 saturated carbocycles. The van der Waals surface area contributed by atoms with Gasteiger partial charge in [0.15, 0.2) is 0 Å². The van der Waals surface area contributed by atoms with Crippen molar-refractivity contribution in [3.63, 3.8) is 0 Å². The lowest BCUT2D eigenvalue weighted by Crippen LogP contribution is -2.39. The van der Waals surface area contributed by atoms with Crippen molar-refractivity contribution in [2.75, 3.05) is 0 Å². The van der Waals surface area contributed by atoms with E-state index in [0.717, 1.165) is 0 Å². The highest BCUT2D eigenvalue weighted by molar-refractivity contribution is 4.69. The van der Waals surface area contributed by atoms with E-state index in [1.54, 1.807) is 0 Å². The van der Waals surface area contributed by atoms with Gasteiger partial charge in [-0.3, -0.25) is 0 Å². The molecule has 1 unspecified atom stereocenters. The maximum atomic E-state index is 9.27. The van der Waals surface area contributed by atoms with E-state index in [1.165, 1.54) is 0 Å². The third-order valence-electron chi connectivity index (χ3n) is 1.37. The van der Waals surface area contributed by atoms with E-state index in [2.05, 4.69) is 0 Å². The Balaban J connectivity index is 3.58. The second-order valence-electron chi connectivity index (χ2n) is 3.06. The second-order valence-corrected chi connectivity index (χ2v) is 3.06. The third-order valence-corrected chi connectivity index (χ3v) is 1.37. The van der Waals surface area contributed by atoms with Gasteiger partial charge in [0.2, 0.25) is 0 Å². The molecule has 2 heteroatoms. The van der Waals surface area contributed by atoms with Gasteiger partial charge >= 0.3 is 0 Å². The van der Waals surface area contributed by atoms with Crippen molar-refractivity contribution >= 4 is 0 Å². The molecule has 1 atom stereocenters. The molecule has 0 aliphatic rings. The van der Waals surface area contributed by atoms with Crippen molar-refractivity contribution in [2.24, 2.45) is 11.7 Å². The van der Waals surface area contributed by atoms with Crippen molar-refractivity contribution in [3.8, 4) is 0 Å². The summed E-state index contributed by atoms with van der Waals surface area (Å²) in [7, 11) is 0. The van der Waals surface area contributed by atoms with Gasteiger partial charge < -0.3 is 10.8 Å². The molecular formula is C7H17NO. The molecule has 0 aliphatic heterocycles. The van der Waals surface area contributed by atoms with Gasteiger partial charge in [-0.05, 0) is 18.8 Å². The molecule has 0 aromatic carbocycles. The normalized spacial score (nSPS) is 18.0. The summed E-state index contributed by atoms with van der Waals surface area (Å²) in [5.41, 5.74) is 4.54. The summed E-state index contributed by atoms with van der Waals surface area (Å²) < 4.78 is 0. The molecule has 0 saturated heterocycles. The Morgan fingerprint density at radius 3 is 2.11 bits per heavy atom. The fourth-order valence-electron chi connectivity index (χ4n) is 0.851. The van der Waals surface area contributed by atoms with Gasteiger partial charge in [-0.1, -0.05) is 20.8 Å². The van der Waals surface area contributed by atoms with Gasteiger partial charge in [0.25, 0.3) is 0 Å². The van der Waals surface area contributed by atoms with Crippen molar-refractivity contribution in [1.82, 2.24) is 0 Å². The third kappa shape index (κ3) is 4.43. The zero-order valence-corrected chi connectivity index (χ0v) is 6.52. The molecule has 56 valence electrons. The molecule has 0 bridgehead atoms. The molecule has 0 aliphatic carbocycles. The first-order chi connectivity index (χ1) is 3.98. The van der Waals surface area contributed by atoms with E-state index in [-0.39, 0.29) is 0 Å². The molecule has 9 heavy (non-hydrogen) atoms. The van der Waals surface area contributed by atoms with Crippen LogP contribution in [0.25, 0.3) is 0 Å². The van der Waals surface area contributed by atoms with Crippen molar-refractivity contribution < 1.29 is 5.11 Å². The summed E-state index contributed by atoms with van der Waals surface area (Å²) in [5, 5.41) is 9.27. The van der Waals surface area contributed by atoms with Crippen LogP contribution in [-0.4, -0.2) is 10.8 Å². The predicted octanol–water partition coefficient (Wildman–Crippen LogP) is 1.09. The van der Waals surface area contributed by atoms with Crippen molar-refractivity contribution in [2.45, 2.75) is 39.3 Å². The lowest BCUT2D eigenvalue weighted by Gasteiger charge is -2.22. The quantitative estimate of drug-likeness (QED) is 0.563. The number of rotatable bonds is 3. The van der Waals surface area contributed by atoms with Gasteiger partial charge in [0.05, 0.1) is 0 Å². The van der Waals surface area contributed by atoms with E-state index in [4.69, 9.17) is 5.73 Å². The molecule has 0 amide bonds. The minimum atomic E-state index is -0.936. The zero-order chi connectivity index (χ0) is 7.49. The molecular weight excluding hydrogens is 114 g/mol. The molecule has 3 N–H and O–H groups in total. The van der Waals surface area contributed by atoms with Crippen LogP contribution in [0.15, 0.2) is 0 Å². The Kier molecular flexibility index (Phi) is 3.15. The molecule has 0 heterocycles. The van der Waals surface area contributed by atoms with Gasteiger partial charge in [-0.25, -0.2) is 0 Å². The smallest absolute Gasteiger partial charge is 0.113 e. The Morgan fingerprint density at radius 1 is 1.56 bits per heavy atom. The molecule has 2 nitrogen and oxygen atoms in total. The van der Waals surface area contributed by atoms with Crippen molar-refractivity contribution in [1.29, 1.82) is 0 Å². The minimum absolute atomic E-state index is 0.472. The van der Waals surface area contributed by atoms with Crippen molar-refractivity contribution in [3.05, 3.63) is 0 Å². The minimum Gasteiger partial charge on any atom is -0.376 e. The highest BCUT2D eigenvalue weighted by Crippen LogP contribution is 2.13. The van der Waals surface area contributed by atoms with Crippen LogP contribution in [0, 0.1) is 5.92 Å². The largest absolute Gasteiger partial charge is 0.376 e. The monoisotopic (exact) mass is 131 g/mol. The molecule has 0 spiro atoms. The maximum Gasteiger partial charge on any atom is 0.113 e. The Morgan fingerprint density at radius 2 is 2.00 bits per heavy atom. The average Bonchev–Trinajstić information content (AvgIpc) is 1.63. The summed E-state index contributed by atoms with van der Waals surface area (Å²) in [4.78, 5) is 0. The Labute approximate surface area is 57.1 Å². The zero-order valence-electron chi connectivity index (χ0n) is 6.52. The second kappa shape index (κ2) is 3.18. The Hall–Kier alpha value is -0.0800. The van der Waals surface area contributed by atoms with E-state index >= 15 is 0 Å². The fraction of sp³-hybridized carbons (Fsp3) is 1.00. The number of hydrogen-bond acceptors (Lipinski definition) is 2. The van der Waals surface area contributed by atoms with Crippen LogP contribution in [0.2, 0.25) is 0 Å². The van der Waals surface area contributed by atoms with Gasteiger partial charge in [-0.15, -0.1) is 0 Å². The van der Waals surface area contributed by atoms with Crippen LogP contribution in [0.4, 0.5) is 0 Å². The fourth-order valence-corrected chi connectivity index (χ4v) is 0.851. The van der Waals surface area contributed by atoms with Crippen LogP contribution in [0.1, 0.15) is 33.6 Å². The summed E-state index contributed by atoms with van der Waals surface area (Å²) >= 11 is 0. The Bertz CT molecular complexity index is 79.0. The van der Waals surface area contributed by atoms with E-state index in [9.17, 15) is 5.11 Å². The van der Waals surface area contributed by atoms with Gasteiger partial charge in [0, 0.05) is 0 Å². The number of hydrogen-bond donors (Lipinski definition) is 2. The van der Waals surface area contributed by atoms with Crippen LogP contribution in [0.3, 0.4) is 0 Å². The van der Waals surface area contributed by atoms with Crippen LogP contribution in [0.5, 0.6) is 0 Å². The predicted molar refractivity (Wildman–Crippen MR) is 38.9 cm³/mol. The first-order valence-corrected chi connectivity index (χ1v) is 3.49. The van der Waals surface area contributed by atoms with E-state index < -0.39 is 5.72 Å². The highest BCUT2D eigenvalue weighted by atomic mass is 16.3. The van der Waals surface area contributed by atoms with E-state index in [1.807, 2.05) is 20.8 Å². The number of aliphatic hydroxyl groups is 1. The van der Waals surface area contributed by atoms with Crippen LogP contribution in [-0.2, 0) is 0 Å². The topological polar surface area (TPSA) is 46.2 Å². The highest BCUT2D eigenvalue weighted by Gasteiger charge is 2.18. The maximum absolute atomic E-state index is 9.27. The van der Waals surface area contributed by atoms with Crippen LogP contribution >= 0.6 is 0 Å². The summed E-state index contributed by atoms with van der Waals surface area (Å²) in [6, 6.07) is 0. The first-order valence-electron chi connectivity index (χ1n) is 3.49. The molecule has 0 fully saturated rings. The summed E-state index contributed by atoms with van der Waals surface area (Å²) in [6.45, 7) is 5.99. The number of nitrogens with two attached hydrogens (primary N) is 1. The SMILES string of the molecule is CCC(N)(O)CC(C)C. The van der Waals surface area contributed by atoms with Crippen LogP contribution < -0.4 is 5.73 Å². The van der Waals surface area contributed by atoms with Gasteiger partial charge in [0.1, 0.15) is 5.72 Å². The van der Waals surface area contributed by atoms with Gasteiger partial charge in [-0.2, -0.15) is 0 Å².